The van der Waals surface area contributed by atoms with Gasteiger partial charge in [-0.1, -0.05) is 30.3 Å². The van der Waals surface area contributed by atoms with E-state index in [1.165, 1.54) is 5.56 Å². The number of imidazole rings is 1. The van der Waals surface area contributed by atoms with Crippen molar-refractivity contribution in [3.8, 4) is 0 Å². The van der Waals surface area contributed by atoms with Gasteiger partial charge in [0, 0.05) is 39.1 Å². The van der Waals surface area contributed by atoms with Crippen molar-refractivity contribution in [2.75, 3.05) is 26.7 Å². The van der Waals surface area contributed by atoms with Gasteiger partial charge in [0.15, 0.2) is 5.96 Å². The first-order chi connectivity index (χ1) is 13.7. The minimum absolute atomic E-state index is 0. The van der Waals surface area contributed by atoms with Crippen molar-refractivity contribution >= 4 is 35.9 Å². The van der Waals surface area contributed by atoms with Crippen LogP contribution in [0.25, 0.3) is 0 Å². The van der Waals surface area contributed by atoms with Crippen molar-refractivity contribution in [1.29, 1.82) is 0 Å². The molecule has 2 aromatic rings. The van der Waals surface area contributed by atoms with Crippen molar-refractivity contribution in [3.05, 3.63) is 54.1 Å². The quantitative estimate of drug-likeness (QED) is 0.280. The number of hydrogen-bond donors (Lipinski definition) is 1. The number of esters is 1. The number of ether oxygens (including phenoxy) is 1. The van der Waals surface area contributed by atoms with Crippen LogP contribution in [0.4, 0.5) is 0 Å². The lowest BCUT2D eigenvalue weighted by atomic mass is 9.98. The number of halogens is 1. The number of guanidine groups is 1. The third-order valence-corrected chi connectivity index (χ3v) is 4.95. The zero-order chi connectivity index (χ0) is 19.8. The molecule has 0 bridgehead atoms. The molecule has 1 aromatic heterocycles. The lowest BCUT2D eigenvalue weighted by Gasteiger charge is -2.33. The van der Waals surface area contributed by atoms with Crippen LogP contribution in [0.1, 0.15) is 31.2 Å². The summed E-state index contributed by atoms with van der Waals surface area (Å²) in [5.41, 5.74) is 1.24. The van der Waals surface area contributed by atoms with Crippen LogP contribution in [-0.4, -0.2) is 53.1 Å². The number of benzene rings is 1. The smallest absolute Gasteiger partial charge is 0.310 e. The Morgan fingerprint density at radius 3 is 2.86 bits per heavy atom. The molecule has 3 rings (SSSR count). The Labute approximate surface area is 189 Å². The first-order valence-electron chi connectivity index (χ1n) is 9.87. The summed E-state index contributed by atoms with van der Waals surface area (Å²) in [5.74, 6) is 1.54. The van der Waals surface area contributed by atoms with E-state index in [0.29, 0.717) is 19.7 Å². The molecule has 1 aliphatic rings. The largest absolute Gasteiger partial charge is 0.466 e. The average Bonchev–Trinajstić information content (AvgIpc) is 3.16. The Morgan fingerprint density at radius 1 is 1.34 bits per heavy atom. The number of nitrogens with one attached hydrogen (secondary N) is 1. The van der Waals surface area contributed by atoms with E-state index >= 15 is 0 Å². The highest BCUT2D eigenvalue weighted by Gasteiger charge is 2.28. The van der Waals surface area contributed by atoms with Gasteiger partial charge in [0.05, 0.1) is 19.1 Å². The minimum atomic E-state index is -0.110. The SMILES string of the molecule is CCOC(=O)C1CCCN(C(=NC)NCc2nccn2Cc2ccccc2)C1.I. The van der Waals surface area contributed by atoms with Crippen LogP contribution in [0.15, 0.2) is 47.7 Å². The fraction of sp³-hybridized carbons (Fsp3) is 0.476. The maximum atomic E-state index is 12.1. The predicted octanol–water partition coefficient (Wildman–Crippen LogP) is 2.90. The maximum Gasteiger partial charge on any atom is 0.310 e. The molecule has 1 atom stereocenters. The monoisotopic (exact) mass is 511 g/mol. The van der Waals surface area contributed by atoms with Crippen LogP contribution < -0.4 is 5.32 Å². The molecule has 1 unspecified atom stereocenters. The summed E-state index contributed by atoms with van der Waals surface area (Å²) < 4.78 is 7.33. The number of rotatable bonds is 6. The number of likely N-dealkylation sites (tertiary alicyclic amines) is 1. The zero-order valence-corrected chi connectivity index (χ0v) is 19.4. The fourth-order valence-electron chi connectivity index (χ4n) is 3.54. The van der Waals surface area contributed by atoms with E-state index in [1.807, 2.05) is 37.5 Å². The van der Waals surface area contributed by atoms with E-state index in [4.69, 9.17) is 4.74 Å². The number of aliphatic imine (C=N–C) groups is 1. The highest BCUT2D eigenvalue weighted by Crippen LogP contribution is 2.18. The van der Waals surface area contributed by atoms with Gasteiger partial charge in [-0.05, 0) is 25.3 Å². The molecule has 0 radical (unpaired) electrons. The minimum Gasteiger partial charge on any atom is -0.466 e. The Kier molecular flexibility index (Phi) is 9.43. The molecule has 8 heteroatoms. The molecule has 1 N–H and O–H groups in total. The van der Waals surface area contributed by atoms with Crippen LogP contribution in [-0.2, 0) is 22.6 Å². The summed E-state index contributed by atoms with van der Waals surface area (Å²) >= 11 is 0. The van der Waals surface area contributed by atoms with Gasteiger partial charge in [-0.25, -0.2) is 4.98 Å². The molecular formula is C21H30IN5O2. The third-order valence-electron chi connectivity index (χ3n) is 4.95. The highest BCUT2D eigenvalue weighted by atomic mass is 127. The van der Waals surface area contributed by atoms with Crippen LogP contribution >= 0.6 is 24.0 Å². The van der Waals surface area contributed by atoms with Gasteiger partial charge in [0.2, 0.25) is 0 Å². The Bertz CT molecular complexity index is 793. The van der Waals surface area contributed by atoms with Crippen LogP contribution in [0, 0.1) is 5.92 Å². The van der Waals surface area contributed by atoms with E-state index in [1.54, 1.807) is 7.05 Å². The molecule has 1 aliphatic heterocycles. The number of hydrogen-bond acceptors (Lipinski definition) is 4. The van der Waals surface area contributed by atoms with E-state index in [9.17, 15) is 4.79 Å². The van der Waals surface area contributed by atoms with Crippen molar-refractivity contribution in [1.82, 2.24) is 19.8 Å². The first-order valence-corrected chi connectivity index (χ1v) is 9.87. The molecule has 1 fully saturated rings. The van der Waals surface area contributed by atoms with Gasteiger partial charge in [0.25, 0.3) is 0 Å². The Hall–Kier alpha value is -2.10. The van der Waals surface area contributed by atoms with E-state index in [-0.39, 0.29) is 35.9 Å². The summed E-state index contributed by atoms with van der Waals surface area (Å²) in [5, 5.41) is 3.40. The predicted molar refractivity (Wildman–Crippen MR) is 124 cm³/mol. The molecule has 2 heterocycles. The topological polar surface area (TPSA) is 71.8 Å². The van der Waals surface area contributed by atoms with Gasteiger partial charge < -0.3 is 19.5 Å². The van der Waals surface area contributed by atoms with Gasteiger partial charge >= 0.3 is 5.97 Å². The molecule has 7 nitrogen and oxygen atoms in total. The van der Waals surface area contributed by atoms with E-state index in [0.717, 1.165) is 37.7 Å². The molecule has 0 saturated carbocycles. The molecular weight excluding hydrogens is 481 g/mol. The van der Waals surface area contributed by atoms with Crippen LogP contribution in [0.3, 0.4) is 0 Å². The van der Waals surface area contributed by atoms with Gasteiger partial charge in [-0.15, -0.1) is 24.0 Å². The molecule has 1 saturated heterocycles. The summed E-state index contributed by atoms with van der Waals surface area (Å²) in [7, 11) is 1.77. The van der Waals surface area contributed by atoms with Gasteiger partial charge in [0.1, 0.15) is 5.82 Å². The molecule has 0 spiro atoms. The summed E-state index contributed by atoms with van der Waals surface area (Å²) in [4.78, 5) is 23.1. The summed E-state index contributed by atoms with van der Waals surface area (Å²) in [6.07, 6.45) is 5.63. The summed E-state index contributed by atoms with van der Waals surface area (Å²) in [6, 6.07) is 10.3. The molecule has 158 valence electrons. The molecule has 0 aliphatic carbocycles. The number of carbonyl (C=O) groups excluding carboxylic acids is 1. The Balaban J connectivity index is 0.00000300. The normalized spacial score (nSPS) is 16.8. The standard InChI is InChI=1S/C21H29N5O2.HI/c1-3-28-20(27)18-10-7-12-26(16-18)21(22-2)24-14-19-23-11-13-25(19)15-17-8-5-4-6-9-17;/h4-6,8-9,11,13,18H,3,7,10,12,14-16H2,1-2H3,(H,22,24);1H. The van der Waals surface area contributed by atoms with Crippen LogP contribution in [0.2, 0.25) is 0 Å². The second-order valence-corrected chi connectivity index (χ2v) is 6.89. The number of piperidine rings is 1. The lowest BCUT2D eigenvalue weighted by molar-refractivity contribution is -0.149. The van der Waals surface area contributed by atoms with Crippen LogP contribution in [0.5, 0.6) is 0 Å². The number of carbonyl (C=O) groups is 1. The zero-order valence-electron chi connectivity index (χ0n) is 17.1. The second-order valence-electron chi connectivity index (χ2n) is 6.89. The summed E-state index contributed by atoms with van der Waals surface area (Å²) in [6.45, 7) is 5.14. The first kappa shape index (κ1) is 23.2. The van der Waals surface area contributed by atoms with Crippen molar-refractivity contribution in [2.24, 2.45) is 10.9 Å². The lowest BCUT2D eigenvalue weighted by Crippen LogP contribution is -2.48. The Morgan fingerprint density at radius 2 is 2.14 bits per heavy atom. The number of nitrogens with zero attached hydrogens (tertiary/aromatic N) is 4. The second kappa shape index (κ2) is 11.8. The molecule has 29 heavy (non-hydrogen) atoms. The molecule has 0 amide bonds. The highest BCUT2D eigenvalue weighted by molar-refractivity contribution is 14.0. The fourth-order valence-corrected chi connectivity index (χ4v) is 3.54. The third kappa shape index (κ3) is 6.45. The average molecular weight is 511 g/mol. The van der Waals surface area contributed by atoms with E-state index < -0.39 is 0 Å². The van der Waals surface area contributed by atoms with Gasteiger partial charge in [-0.2, -0.15) is 0 Å². The van der Waals surface area contributed by atoms with E-state index in [2.05, 4.69) is 36.9 Å². The van der Waals surface area contributed by atoms with Crippen molar-refractivity contribution in [3.63, 3.8) is 0 Å². The number of aromatic nitrogens is 2. The maximum absolute atomic E-state index is 12.1. The van der Waals surface area contributed by atoms with Crippen molar-refractivity contribution in [2.45, 2.75) is 32.9 Å². The molecule has 1 aromatic carbocycles. The van der Waals surface area contributed by atoms with Gasteiger partial charge in [-0.3, -0.25) is 9.79 Å². The van der Waals surface area contributed by atoms with Crippen molar-refractivity contribution < 1.29 is 9.53 Å².